The zero-order chi connectivity index (χ0) is 24.9. The number of nitrogens with two attached hydrogens (primary N) is 1. The normalized spacial score (nSPS) is 14.3. The van der Waals surface area contributed by atoms with Crippen molar-refractivity contribution in [1.29, 1.82) is 5.26 Å². The molecule has 0 aliphatic carbocycles. The van der Waals surface area contributed by atoms with Gasteiger partial charge in [-0.15, -0.1) is 0 Å². The van der Waals surface area contributed by atoms with Crippen LogP contribution in [-0.2, 0) is 4.79 Å². The molecule has 0 radical (unpaired) electrons. The van der Waals surface area contributed by atoms with Crippen LogP contribution in [0.25, 0.3) is 0 Å². The van der Waals surface area contributed by atoms with Crippen LogP contribution >= 0.6 is 0 Å². The molecule has 1 aliphatic heterocycles. The number of carbonyl (C=O) groups excluding carboxylic acids is 1. The fourth-order valence-corrected chi connectivity index (χ4v) is 3.81. The first-order valence-corrected chi connectivity index (χ1v) is 10.8. The highest BCUT2D eigenvalue weighted by molar-refractivity contribution is 5.74. The van der Waals surface area contributed by atoms with E-state index in [9.17, 15) is 10.1 Å². The van der Waals surface area contributed by atoms with Gasteiger partial charge >= 0.3 is 5.97 Å². The molecule has 0 saturated heterocycles. The van der Waals surface area contributed by atoms with Gasteiger partial charge in [0.15, 0.2) is 6.61 Å². The van der Waals surface area contributed by atoms with Crippen molar-refractivity contribution in [2.24, 2.45) is 5.73 Å². The minimum absolute atomic E-state index is 0.0333. The monoisotopic (exact) mass is 472 g/mol. The summed E-state index contributed by atoms with van der Waals surface area (Å²) in [6.07, 6.45) is 0. The number of methoxy groups -OCH3 is 2. The van der Waals surface area contributed by atoms with Crippen LogP contribution in [0.2, 0.25) is 0 Å². The zero-order valence-electron chi connectivity index (χ0n) is 19.5. The minimum Gasteiger partial charge on any atom is -0.497 e. The second kappa shape index (κ2) is 10.1. The Morgan fingerprint density at radius 2 is 1.66 bits per heavy atom. The van der Waals surface area contributed by atoms with Crippen molar-refractivity contribution in [3.63, 3.8) is 0 Å². The number of benzene rings is 3. The molecule has 35 heavy (non-hydrogen) atoms. The maximum atomic E-state index is 12.3. The maximum absolute atomic E-state index is 12.3. The Morgan fingerprint density at radius 1 is 0.971 bits per heavy atom. The quantitative estimate of drug-likeness (QED) is 0.402. The van der Waals surface area contributed by atoms with Gasteiger partial charge in [-0.1, -0.05) is 29.8 Å². The molecule has 0 fully saturated rings. The van der Waals surface area contributed by atoms with Crippen LogP contribution in [0.15, 0.2) is 72.1 Å². The van der Waals surface area contributed by atoms with Crippen molar-refractivity contribution >= 4 is 5.97 Å². The minimum atomic E-state index is -0.573. The van der Waals surface area contributed by atoms with E-state index in [1.54, 1.807) is 56.7 Å². The second-order valence-corrected chi connectivity index (χ2v) is 7.81. The standard InChI is InChI=1S/C27H24N2O6/c1-16-4-6-17(7-5-16)33-15-25(30)34-19-9-11-21-24(13-19)35-27(29)22(14-28)26(21)20-10-8-18(31-2)12-23(20)32-3/h4-13,26H,15,29H2,1-3H3. The molecule has 0 bridgehead atoms. The van der Waals surface area contributed by atoms with E-state index < -0.39 is 11.9 Å². The van der Waals surface area contributed by atoms with Gasteiger partial charge < -0.3 is 29.4 Å². The van der Waals surface area contributed by atoms with E-state index >= 15 is 0 Å². The molecule has 0 aromatic heterocycles. The number of rotatable bonds is 7. The van der Waals surface area contributed by atoms with Crippen LogP contribution in [0.1, 0.15) is 22.6 Å². The predicted molar refractivity (Wildman–Crippen MR) is 128 cm³/mol. The molecule has 1 aliphatic rings. The Labute approximate surface area is 203 Å². The molecule has 1 heterocycles. The molecule has 3 aromatic rings. The lowest BCUT2D eigenvalue weighted by molar-refractivity contribution is -0.136. The Hall–Kier alpha value is -4.64. The lowest BCUT2D eigenvalue weighted by Crippen LogP contribution is -2.22. The molecule has 3 aromatic carbocycles. The molecule has 178 valence electrons. The second-order valence-electron chi connectivity index (χ2n) is 7.81. The highest BCUT2D eigenvalue weighted by Crippen LogP contribution is 2.46. The largest absolute Gasteiger partial charge is 0.497 e. The first-order valence-electron chi connectivity index (χ1n) is 10.8. The van der Waals surface area contributed by atoms with Crippen LogP contribution in [-0.4, -0.2) is 26.8 Å². The molecule has 1 atom stereocenters. The molecular formula is C27H24N2O6. The van der Waals surface area contributed by atoms with Crippen molar-refractivity contribution in [3.8, 4) is 34.8 Å². The first kappa shape index (κ1) is 23.5. The van der Waals surface area contributed by atoms with Crippen LogP contribution in [0.3, 0.4) is 0 Å². The molecule has 1 unspecified atom stereocenters. The molecule has 0 spiro atoms. The number of hydrogen-bond donors (Lipinski definition) is 1. The van der Waals surface area contributed by atoms with Gasteiger partial charge in [0, 0.05) is 23.3 Å². The molecule has 0 saturated carbocycles. The lowest BCUT2D eigenvalue weighted by atomic mass is 9.83. The third kappa shape index (κ3) is 4.99. The predicted octanol–water partition coefficient (Wildman–Crippen LogP) is 4.21. The number of nitrogens with zero attached hydrogens (tertiary/aromatic N) is 1. The summed E-state index contributed by atoms with van der Waals surface area (Å²) in [6.45, 7) is 1.71. The summed E-state index contributed by atoms with van der Waals surface area (Å²) in [6, 6.07) is 19.8. The fourth-order valence-electron chi connectivity index (χ4n) is 3.81. The number of carbonyl (C=O) groups is 1. The van der Waals surface area contributed by atoms with Crippen molar-refractivity contribution in [2.75, 3.05) is 20.8 Å². The van der Waals surface area contributed by atoms with Gasteiger partial charge in [-0.25, -0.2) is 4.79 Å². The molecule has 2 N–H and O–H groups in total. The third-order valence-corrected chi connectivity index (χ3v) is 5.55. The smallest absolute Gasteiger partial charge is 0.349 e. The molecule has 4 rings (SSSR count). The van der Waals surface area contributed by atoms with Crippen LogP contribution in [0, 0.1) is 18.3 Å². The number of esters is 1. The lowest BCUT2D eigenvalue weighted by Gasteiger charge is -2.27. The van der Waals surface area contributed by atoms with Crippen LogP contribution < -0.4 is 29.4 Å². The van der Waals surface area contributed by atoms with Crippen LogP contribution in [0.4, 0.5) is 0 Å². The third-order valence-electron chi connectivity index (χ3n) is 5.55. The average Bonchev–Trinajstić information content (AvgIpc) is 2.87. The van der Waals surface area contributed by atoms with Gasteiger partial charge in [-0.3, -0.25) is 0 Å². The van der Waals surface area contributed by atoms with Gasteiger partial charge in [0.05, 0.1) is 20.1 Å². The highest BCUT2D eigenvalue weighted by atomic mass is 16.6. The van der Waals surface area contributed by atoms with Gasteiger partial charge in [-0.05, 0) is 31.2 Å². The maximum Gasteiger partial charge on any atom is 0.349 e. The van der Waals surface area contributed by atoms with Crippen molar-refractivity contribution < 1.29 is 28.5 Å². The molecule has 0 amide bonds. The van der Waals surface area contributed by atoms with E-state index in [0.717, 1.165) is 5.56 Å². The summed E-state index contributed by atoms with van der Waals surface area (Å²) in [5.74, 6) is 1.20. The number of hydrogen-bond acceptors (Lipinski definition) is 8. The Balaban J connectivity index is 1.59. The van der Waals surface area contributed by atoms with Crippen LogP contribution in [0.5, 0.6) is 28.7 Å². The molecular weight excluding hydrogens is 448 g/mol. The van der Waals surface area contributed by atoms with E-state index in [2.05, 4.69) is 6.07 Å². The highest BCUT2D eigenvalue weighted by Gasteiger charge is 2.33. The Morgan fingerprint density at radius 3 is 2.34 bits per heavy atom. The first-order chi connectivity index (χ1) is 16.9. The van der Waals surface area contributed by atoms with Gasteiger partial charge in [0.1, 0.15) is 40.4 Å². The van der Waals surface area contributed by atoms with E-state index in [-0.39, 0.29) is 23.8 Å². The summed E-state index contributed by atoms with van der Waals surface area (Å²) >= 11 is 0. The average molecular weight is 472 g/mol. The number of allylic oxidation sites excluding steroid dienone is 1. The van der Waals surface area contributed by atoms with Crippen molar-refractivity contribution in [1.82, 2.24) is 0 Å². The molecule has 8 nitrogen and oxygen atoms in total. The Bertz CT molecular complexity index is 1320. The summed E-state index contributed by atoms with van der Waals surface area (Å²) in [5, 5.41) is 9.81. The Kier molecular flexibility index (Phi) is 6.78. The van der Waals surface area contributed by atoms with Gasteiger partial charge in [0.25, 0.3) is 0 Å². The topological polar surface area (TPSA) is 113 Å². The SMILES string of the molecule is COc1ccc(C2C(C#N)=C(N)Oc3cc(OC(=O)COc4ccc(C)cc4)ccc32)c(OC)c1. The summed E-state index contributed by atoms with van der Waals surface area (Å²) in [5.41, 5.74) is 8.83. The van der Waals surface area contributed by atoms with E-state index in [1.165, 1.54) is 0 Å². The fraction of sp³-hybridized carbons (Fsp3) is 0.185. The number of aryl methyl sites for hydroxylation is 1. The number of nitriles is 1. The van der Waals surface area contributed by atoms with E-state index in [4.69, 9.17) is 29.4 Å². The molecule has 8 heteroatoms. The summed E-state index contributed by atoms with van der Waals surface area (Å²) < 4.78 is 27.5. The van der Waals surface area contributed by atoms with Gasteiger partial charge in [-0.2, -0.15) is 5.26 Å². The summed E-state index contributed by atoms with van der Waals surface area (Å²) in [7, 11) is 3.10. The van der Waals surface area contributed by atoms with E-state index in [1.807, 2.05) is 25.1 Å². The number of ether oxygens (including phenoxy) is 5. The summed E-state index contributed by atoms with van der Waals surface area (Å²) in [4.78, 5) is 12.3. The van der Waals surface area contributed by atoms with Crippen molar-refractivity contribution in [3.05, 3.63) is 88.8 Å². The number of fused-ring (bicyclic) bond motifs is 1. The van der Waals surface area contributed by atoms with Crippen molar-refractivity contribution in [2.45, 2.75) is 12.8 Å². The zero-order valence-corrected chi connectivity index (χ0v) is 19.5. The van der Waals surface area contributed by atoms with Gasteiger partial charge in [0.2, 0.25) is 5.88 Å². The van der Waals surface area contributed by atoms with E-state index in [0.29, 0.717) is 34.1 Å².